The van der Waals surface area contributed by atoms with Gasteiger partial charge in [0.25, 0.3) is 0 Å². The molecule has 3 fully saturated rings. The smallest absolute Gasteiger partial charge is 0.0637 e. The Kier molecular flexibility index (Phi) is 6.01. The van der Waals surface area contributed by atoms with Gasteiger partial charge in [0.2, 0.25) is 0 Å². The second-order valence-corrected chi connectivity index (χ2v) is 12.3. The highest BCUT2D eigenvalue weighted by molar-refractivity contribution is 5.34. The van der Waals surface area contributed by atoms with Crippen LogP contribution in [0.15, 0.2) is 11.1 Å². The highest BCUT2D eigenvalue weighted by Gasteiger charge is 2.57. The van der Waals surface area contributed by atoms with Crippen LogP contribution < -0.4 is 0 Å². The van der Waals surface area contributed by atoms with Crippen LogP contribution in [0.4, 0.5) is 0 Å². The minimum Gasteiger partial charge on any atom is -0.393 e. The van der Waals surface area contributed by atoms with Gasteiger partial charge in [-0.25, -0.2) is 0 Å². The topological polar surface area (TPSA) is 40.5 Å². The largest absolute Gasteiger partial charge is 0.393 e. The van der Waals surface area contributed by atoms with Gasteiger partial charge in [0.05, 0.1) is 12.2 Å². The van der Waals surface area contributed by atoms with E-state index in [9.17, 15) is 10.2 Å². The van der Waals surface area contributed by atoms with E-state index in [-0.39, 0.29) is 17.6 Å². The summed E-state index contributed by atoms with van der Waals surface area (Å²) in [4.78, 5) is 0. The summed E-state index contributed by atoms with van der Waals surface area (Å²) in [6.45, 7) is 12.1. The standard InChI is InChI=1S/C27H46O2/c1-17(2)7-6-8-18(3)22-11-12-24-21-15-25(29)27(5)16-19(28)9-10-23(27)20(21)13-14-26(22,24)4/h17-19,21-22,24-25,28-29H,6-16H2,1-5H3/t18-,19+,21+,22-,24+,25-,26+,27+/m0/s1. The van der Waals surface area contributed by atoms with Gasteiger partial charge in [0.1, 0.15) is 0 Å². The first kappa shape index (κ1) is 21.9. The number of aliphatic hydroxyl groups excluding tert-OH is 2. The molecule has 29 heavy (non-hydrogen) atoms. The molecule has 8 atom stereocenters. The van der Waals surface area contributed by atoms with E-state index in [1.807, 2.05) is 0 Å². The van der Waals surface area contributed by atoms with E-state index in [0.717, 1.165) is 49.4 Å². The molecule has 0 radical (unpaired) electrons. The summed E-state index contributed by atoms with van der Waals surface area (Å²) in [6, 6.07) is 0. The third kappa shape index (κ3) is 3.65. The first-order valence-corrected chi connectivity index (χ1v) is 12.8. The highest BCUT2D eigenvalue weighted by Crippen LogP contribution is 2.65. The molecule has 0 amide bonds. The van der Waals surface area contributed by atoms with Crippen molar-refractivity contribution in [2.45, 2.75) is 117 Å². The molecular weight excluding hydrogens is 356 g/mol. The fourth-order valence-corrected chi connectivity index (χ4v) is 8.50. The highest BCUT2D eigenvalue weighted by atomic mass is 16.3. The molecule has 4 aliphatic carbocycles. The van der Waals surface area contributed by atoms with Crippen LogP contribution in [0.2, 0.25) is 0 Å². The second-order valence-electron chi connectivity index (χ2n) is 12.3. The summed E-state index contributed by atoms with van der Waals surface area (Å²) < 4.78 is 0. The maximum absolute atomic E-state index is 11.2. The molecule has 4 rings (SSSR count). The van der Waals surface area contributed by atoms with Crippen molar-refractivity contribution in [1.82, 2.24) is 0 Å². The van der Waals surface area contributed by atoms with Crippen molar-refractivity contribution in [1.29, 1.82) is 0 Å². The quantitative estimate of drug-likeness (QED) is 0.515. The molecule has 4 aliphatic rings. The minimum atomic E-state index is -0.272. The van der Waals surface area contributed by atoms with Crippen molar-refractivity contribution >= 4 is 0 Å². The zero-order valence-corrected chi connectivity index (χ0v) is 19.7. The molecule has 0 heterocycles. The normalized spacial score (nSPS) is 45.7. The lowest BCUT2D eigenvalue weighted by Crippen LogP contribution is -2.50. The number of aliphatic hydroxyl groups is 2. The van der Waals surface area contributed by atoms with Crippen molar-refractivity contribution in [3.05, 3.63) is 11.1 Å². The molecule has 0 bridgehead atoms. The van der Waals surface area contributed by atoms with Crippen LogP contribution in [-0.2, 0) is 0 Å². The molecule has 0 unspecified atom stereocenters. The van der Waals surface area contributed by atoms with Gasteiger partial charge in [-0.05, 0) is 86.4 Å². The Morgan fingerprint density at radius 2 is 1.76 bits per heavy atom. The lowest BCUT2D eigenvalue weighted by Gasteiger charge is -2.55. The molecule has 0 aromatic carbocycles. The maximum atomic E-state index is 11.2. The van der Waals surface area contributed by atoms with Gasteiger partial charge in [0, 0.05) is 5.41 Å². The van der Waals surface area contributed by atoms with E-state index in [1.54, 1.807) is 11.1 Å². The van der Waals surface area contributed by atoms with Crippen molar-refractivity contribution < 1.29 is 10.2 Å². The van der Waals surface area contributed by atoms with Gasteiger partial charge >= 0.3 is 0 Å². The monoisotopic (exact) mass is 402 g/mol. The van der Waals surface area contributed by atoms with Crippen molar-refractivity contribution in [3.63, 3.8) is 0 Å². The number of rotatable bonds is 5. The summed E-state index contributed by atoms with van der Waals surface area (Å²) in [7, 11) is 0. The third-order valence-corrected chi connectivity index (χ3v) is 10.2. The van der Waals surface area contributed by atoms with Gasteiger partial charge in [-0.2, -0.15) is 0 Å². The molecule has 0 aromatic heterocycles. The minimum absolute atomic E-state index is 0.167. The van der Waals surface area contributed by atoms with Gasteiger partial charge in [-0.15, -0.1) is 0 Å². The first-order valence-electron chi connectivity index (χ1n) is 12.8. The van der Waals surface area contributed by atoms with E-state index in [0.29, 0.717) is 11.3 Å². The second kappa shape index (κ2) is 7.97. The van der Waals surface area contributed by atoms with Crippen LogP contribution in [0.3, 0.4) is 0 Å². The predicted octanol–water partition coefficient (Wildman–Crippen LogP) is 6.50. The molecule has 0 aromatic rings. The predicted molar refractivity (Wildman–Crippen MR) is 121 cm³/mol. The van der Waals surface area contributed by atoms with Gasteiger partial charge < -0.3 is 10.2 Å². The van der Waals surface area contributed by atoms with E-state index in [2.05, 4.69) is 34.6 Å². The van der Waals surface area contributed by atoms with Gasteiger partial charge in [-0.1, -0.05) is 65.0 Å². The summed E-state index contributed by atoms with van der Waals surface area (Å²) in [5.74, 6) is 3.90. The summed E-state index contributed by atoms with van der Waals surface area (Å²) in [5.41, 5.74) is 3.58. The summed E-state index contributed by atoms with van der Waals surface area (Å²) in [6.07, 6.45) is 12.6. The Balaban J connectivity index is 1.54. The Bertz CT molecular complexity index is 636. The van der Waals surface area contributed by atoms with E-state index < -0.39 is 0 Å². The van der Waals surface area contributed by atoms with Crippen molar-refractivity contribution in [2.75, 3.05) is 0 Å². The van der Waals surface area contributed by atoms with Crippen LogP contribution in [-0.4, -0.2) is 22.4 Å². The first-order chi connectivity index (χ1) is 13.7. The number of fused-ring (bicyclic) bond motifs is 4. The van der Waals surface area contributed by atoms with Crippen LogP contribution in [0.1, 0.15) is 105 Å². The maximum Gasteiger partial charge on any atom is 0.0637 e. The third-order valence-electron chi connectivity index (χ3n) is 10.2. The van der Waals surface area contributed by atoms with E-state index in [1.165, 1.54) is 44.9 Å². The van der Waals surface area contributed by atoms with Crippen LogP contribution in [0.25, 0.3) is 0 Å². The van der Waals surface area contributed by atoms with Crippen LogP contribution >= 0.6 is 0 Å². The summed E-state index contributed by atoms with van der Waals surface area (Å²) >= 11 is 0. The van der Waals surface area contributed by atoms with Gasteiger partial charge in [-0.3, -0.25) is 0 Å². The fraction of sp³-hybridized carbons (Fsp3) is 0.926. The fourth-order valence-electron chi connectivity index (χ4n) is 8.50. The molecule has 0 spiro atoms. The number of hydrogen-bond acceptors (Lipinski definition) is 2. The molecule has 2 nitrogen and oxygen atoms in total. The molecule has 3 saturated carbocycles. The lowest BCUT2D eigenvalue weighted by molar-refractivity contribution is -0.0455. The Morgan fingerprint density at radius 1 is 1.00 bits per heavy atom. The van der Waals surface area contributed by atoms with Crippen LogP contribution in [0.5, 0.6) is 0 Å². The van der Waals surface area contributed by atoms with E-state index >= 15 is 0 Å². The van der Waals surface area contributed by atoms with Crippen molar-refractivity contribution in [3.8, 4) is 0 Å². The zero-order chi connectivity index (χ0) is 21.0. The molecule has 2 N–H and O–H groups in total. The molecule has 2 heteroatoms. The molecule has 0 saturated heterocycles. The average molecular weight is 403 g/mol. The Morgan fingerprint density at radius 3 is 2.48 bits per heavy atom. The van der Waals surface area contributed by atoms with E-state index in [4.69, 9.17) is 0 Å². The average Bonchev–Trinajstić information content (AvgIpc) is 2.99. The Hall–Kier alpha value is -0.340. The molecular formula is C27H46O2. The van der Waals surface area contributed by atoms with Gasteiger partial charge in [0.15, 0.2) is 0 Å². The molecule has 166 valence electrons. The number of allylic oxidation sites excluding steroid dienone is 1. The lowest BCUT2D eigenvalue weighted by atomic mass is 9.50. The SMILES string of the molecule is CC(C)CCC[C@H](C)[C@@H]1CC[C@@H]2[C@@H]3C[C@H](O)[C@]4(C)C[C@H](O)CCC4=C3CC[C@@]21C. The molecule has 0 aliphatic heterocycles. The zero-order valence-electron chi connectivity index (χ0n) is 19.7. The number of hydrogen-bond donors (Lipinski definition) is 2. The van der Waals surface area contributed by atoms with Crippen molar-refractivity contribution in [2.24, 2.45) is 40.4 Å². The Labute approximate surface area is 179 Å². The van der Waals surface area contributed by atoms with Crippen LogP contribution in [0, 0.1) is 40.4 Å². The summed E-state index contributed by atoms with van der Waals surface area (Å²) in [5, 5.41) is 21.5.